The Morgan fingerprint density at radius 1 is 0.950 bits per heavy atom. The zero-order valence-electron chi connectivity index (χ0n) is 22.5. The largest absolute Gasteiger partial charge is 0.397 e. The molecule has 1 saturated carbocycles. The number of piperazine rings is 1. The van der Waals surface area contributed by atoms with Crippen LogP contribution in [0.5, 0.6) is 0 Å². The van der Waals surface area contributed by atoms with Crippen LogP contribution in [0.1, 0.15) is 35.2 Å². The third-order valence-electron chi connectivity index (χ3n) is 8.83. The van der Waals surface area contributed by atoms with Crippen LogP contribution in [-0.4, -0.2) is 84.8 Å². The maximum atomic E-state index is 13.2. The number of benzene rings is 2. The first-order chi connectivity index (χ1) is 19.2. The molecule has 3 fully saturated rings. The highest BCUT2D eigenvalue weighted by Crippen LogP contribution is 2.44. The first kappa shape index (κ1) is 27.5. The fourth-order valence-corrected chi connectivity index (χ4v) is 7.35. The number of rotatable bonds is 5. The molecule has 40 heavy (non-hydrogen) atoms. The highest BCUT2D eigenvalue weighted by molar-refractivity contribution is 9.11. The zero-order valence-corrected chi connectivity index (χ0v) is 25.7. The third-order valence-corrected chi connectivity index (χ3v) is 10.1. The number of likely N-dealkylation sites (N-methyl/N-ethyl adjacent to an activating group) is 1. The number of nitrogens with two attached hydrogens (primary N) is 1. The molecule has 2 saturated heterocycles. The second-order valence-electron chi connectivity index (χ2n) is 11.4. The summed E-state index contributed by atoms with van der Waals surface area (Å²) in [5, 5.41) is 3.08. The Morgan fingerprint density at radius 3 is 2.30 bits per heavy atom. The normalized spacial score (nSPS) is 23.6. The number of amides is 3. The summed E-state index contributed by atoms with van der Waals surface area (Å²) in [4.78, 5) is 47.9. The number of halogens is 2. The summed E-state index contributed by atoms with van der Waals surface area (Å²) in [6, 6.07) is 9.80. The van der Waals surface area contributed by atoms with E-state index < -0.39 is 0 Å². The lowest BCUT2D eigenvalue weighted by Crippen LogP contribution is -2.51. The van der Waals surface area contributed by atoms with E-state index in [1.165, 1.54) is 5.69 Å². The topological polar surface area (TPSA) is 102 Å². The minimum absolute atomic E-state index is 0.0192. The Morgan fingerprint density at radius 2 is 1.62 bits per heavy atom. The highest BCUT2D eigenvalue weighted by atomic mass is 79.9. The summed E-state index contributed by atoms with van der Waals surface area (Å²) in [6.07, 6.45) is 2.05. The minimum atomic E-state index is -0.286. The van der Waals surface area contributed by atoms with E-state index >= 15 is 0 Å². The van der Waals surface area contributed by atoms with Crippen molar-refractivity contribution in [3.63, 3.8) is 0 Å². The van der Waals surface area contributed by atoms with Crippen molar-refractivity contribution in [3.05, 3.63) is 50.4 Å². The van der Waals surface area contributed by atoms with E-state index in [1.54, 1.807) is 12.1 Å². The van der Waals surface area contributed by atoms with Crippen LogP contribution in [-0.2, 0) is 11.3 Å². The molecule has 3 aliphatic heterocycles. The van der Waals surface area contributed by atoms with Crippen molar-refractivity contribution in [2.45, 2.75) is 31.8 Å². The minimum Gasteiger partial charge on any atom is -0.397 e. The smallest absolute Gasteiger partial charge is 0.322 e. The van der Waals surface area contributed by atoms with Gasteiger partial charge in [-0.3, -0.25) is 9.59 Å². The van der Waals surface area contributed by atoms with Gasteiger partial charge in [-0.05, 0) is 94.1 Å². The average molecular weight is 674 g/mol. The standard InChI is InChI=1S/C29H34Br2N6O3/c1-34-8-10-35(11-9-34)20-2-3-25-18(12-20)16-37(29(40)33-25)19-4-6-36(7-5-19)28(39)22-15-21(22)27(38)17-13-23(30)26(32)24(31)14-17/h2-3,12-14,19,21-22H,4-11,15-16,32H2,1H3,(H,33,40). The van der Waals surface area contributed by atoms with Crippen LogP contribution in [0.4, 0.5) is 21.9 Å². The number of nitrogens with one attached hydrogen (secondary N) is 1. The molecular weight excluding hydrogens is 640 g/mol. The van der Waals surface area contributed by atoms with Crippen LogP contribution in [0.3, 0.4) is 0 Å². The van der Waals surface area contributed by atoms with Crippen molar-refractivity contribution in [1.82, 2.24) is 14.7 Å². The summed E-state index contributed by atoms with van der Waals surface area (Å²) >= 11 is 6.80. The lowest BCUT2D eigenvalue weighted by atomic mass is 9.99. The summed E-state index contributed by atoms with van der Waals surface area (Å²) in [5.74, 6) is -0.520. The van der Waals surface area contributed by atoms with Gasteiger partial charge in [0.05, 0.1) is 5.69 Å². The van der Waals surface area contributed by atoms with E-state index in [0.29, 0.717) is 46.3 Å². The number of nitrogen functional groups attached to an aromatic ring is 1. The first-order valence-corrected chi connectivity index (χ1v) is 15.5. The lowest BCUT2D eigenvalue weighted by Gasteiger charge is -2.41. The van der Waals surface area contributed by atoms with Gasteiger partial charge in [0, 0.05) is 89.6 Å². The summed E-state index contributed by atoms with van der Waals surface area (Å²) in [5.41, 5.74) is 10.3. The highest BCUT2D eigenvalue weighted by Gasteiger charge is 2.50. The molecule has 2 aromatic rings. The molecule has 3 amide bonds. The van der Waals surface area contributed by atoms with Gasteiger partial charge in [-0.25, -0.2) is 4.79 Å². The number of piperidine rings is 1. The molecule has 3 heterocycles. The first-order valence-electron chi connectivity index (χ1n) is 13.9. The van der Waals surface area contributed by atoms with Crippen molar-refractivity contribution in [2.24, 2.45) is 11.8 Å². The predicted octanol–water partition coefficient (Wildman–Crippen LogP) is 4.40. The fourth-order valence-electron chi connectivity index (χ4n) is 6.16. The van der Waals surface area contributed by atoms with E-state index in [1.807, 2.05) is 15.9 Å². The molecule has 212 valence electrons. The van der Waals surface area contributed by atoms with Gasteiger partial charge in [0.1, 0.15) is 0 Å². The zero-order chi connectivity index (χ0) is 28.1. The van der Waals surface area contributed by atoms with Crippen molar-refractivity contribution in [2.75, 3.05) is 62.3 Å². The predicted molar refractivity (Wildman–Crippen MR) is 162 cm³/mol. The van der Waals surface area contributed by atoms with Crippen LogP contribution in [0.15, 0.2) is 39.3 Å². The quantitative estimate of drug-likeness (QED) is 0.361. The van der Waals surface area contributed by atoms with Crippen LogP contribution in [0, 0.1) is 11.8 Å². The molecule has 2 atom stereocenters. The number of likely N-dealkylation sites (tertiary alicyclic amines) is 1. The fraction of sp³-hybridized carbons (Fsp3) is 0.483. The van der Waals surface area contributed by atoms with Crippen LogP contribution >= 0.6 is 31.9 Å². The van der Waals surface area contributed by atoms with Crippen molar-refractivity contribution in [3.8, 4) is 0 Å². The number of Topliss-reactive ketones (excluding diaryl/α,β-unsaturated/α-hetero) is 1. The van der Waals surface area contributed by atoms with Gasteiger partial charge in [-0.2, -0.15) is 0 Å². The maximum absolute atomic E-state index is 13.2. The molecule has 0 radical (unpaired) electrons. The molecule has 0 aromatic heterocycles. The number of fused-ring (bicyclic) bond motifs is 1. The molecule has 2 unspecified atom stereocenters. The number of nitrogens with zero attached hydrogens (tertiary/aromatic N) is 4. The number of anilines is 3. The Labute approximate surface area is 251 Å². The number of hydrogen-bond donors (Lipinski definition) is 2. The maximum Gasteiger partial charge on any atom is 0.322 e. The third kappa shape index (κ3) is 5.35. The molecule has 1 aliphatic carbocycles. The molecule has 6 rings (SSSR count). The van der Waals surface area contributed by atoms with Crippen molar-refractivity contribution < 1.29 is 14.4 Å². The van der Waals surface area contributed by atoms with Gasteiger partial charge in [-0.1, -0.05) is 0 Å². The number of carbonyl (C=O) groups excluding carboxylic acids is 3. The van der Waals surface area contributed by atoms with Crippen LogP contribution < -0.4 is 16.0 Å². The molecule has 11 heteroatoms. The SMILES string of the molecule is CN1CCN(c2ccc3c(c2)CN(C2CCN(C(=O)C4CC4C(=O)c4cc(Br)c(N)c(Br)c4)CC2)C(=O)N3)CC1. The Bertz CT molecular complexity index is 1330. The van der Waals surface area contributed by atoms with Crippen LogP contribution in [0.2, 0.25) is 0 Å². The van der Waals surface area contributed by atoms with Gasteiger partial charge in [0.2, 0.25) is 5.91 Å². The Balaban J connectivity index is 1.05. The Hall–Kier alpha value is -2.63. The summed E-state index contributed by atoms with van der Waals surface area (Å²) in [6.45, 7) is 5.86. The van der Waals surface area contributed by atoms with Gasteiger partial charge in [0.15, 0.2) is 5.78 Å². The Kier molecular flexibility index (Phi) is 7.56. The average Bonchev–Trinajstić information content (AvgIpc) is 3.76. The van der Waals surface area contributed by atoms with E-state index in [0.717, 1.165) is 50.3 Å². The van der Waals surface area contributed by atoms with E-state index in [4.69, 9.17) is 5.73 Å². The molecule has 0 spiro atoms. The summed E-state index contributed by atoms with van der Waals surface area (Å²) < 4.78 is 1.33. The lowest BCUT2D eigenvalue weighted by molar-refractivity contribution is -0.134. The van der Waals surface area contributed by atoms with E-state index in [2.05, 4.69) is 66.2 Å². The van der Waals surface area contributed by atoms with E-state index in [9.17, 15) is 14.4 Å². The molecule has 9 nitrogen and oxygen atoms in total. The molecule has 4 aliphatic rings. The molecular formula is C29H34Br2N6O3. The van der Waals surface area contributed by atoms with Crippen molar-refractivity contribution in [1.29, 1.82) is 0 Å². The van der Waals surface area contributed by atoms with Crippen molar-refractivity contribution >= 4 is 66.6 Å². The number of urea groups is 1. The monoisotopic (exact) mass is 672 g/mol. The van der Waals surface area contributed by atoms with Gasteiger partial charge in [0.25, 0.3) is 0 Å². The number of hydrogen-bond acceptors (Lipinski definition) is 6. The van der Waals surface area contributed by atoms with Gasteiger partial charge >= 0.3 is 6.03 Å². The number of carbonyl (C=O) groups is 3. The molecule has 3 N–H and O–H groups in total. The van der Waals surface area contributed by atoms with Crippen LogP contribution in [0.25, 0.3) is 0 Å². The molecule has 2 aromatic carbocycles. The number of ketones is 1. The van der Waals surface area contributed by atoms with E-state index in [-0.39, 0.29) is 35.6 Å². The second kappa shape index (κ2) is 11.0. The second-order valence-corrected chi connectivity index (χ2v) is 13.1. The van der Waals surface area contributed by atoms with Gasteiger partial charge in [-0.15, -0.1) is 0 Å². The van der Waals surface area contributed by atoms with Gasteiger partial charge < -0.3 is 30.7 Å². The molecule has 0 bridgehead atoms. The summed E-state index contributed by atoms with van der Waals surface area (Å²) in [7, 11) is 2.15.